The van der Waals surface area contributed by atoms with Gasteiger partial charge in [0.1, 0.15) is 5.75 Å². The zero-order valence-corrected chi connectivity index (χ0v) is 13.3. The molecule has 0 fully saturated rings. The van der Waals surface area contributed by atoms with Gasteiger partial charge in [0.25, 0.3) is 5.91 Å². The fourth-order valence-corrected chi connectivity index (χ4v) is 2.47. The molecule has 0 atom stereocenters. The summed E-state index contributed by atoms with van der Waals surface area (Å²) in [5.41, 5.74) is 3.41. The Hall–Kier alpha value is -2.43. The summed E-state index contributed by atoms with van der Waals surface area (Å²) in [6.45, 7) is 3.48. The third kappa shape index (κ3) is 4.06. The molecule has 0 aliphatic rings. The third-order valence-electron chi connectivity index (χ3n) is 3.53. The lowest BCUT2D eigenvalue weighted by Crippen LogP contribution is -2.31. The van der Waals surface area contributed by atoms with E-state index < -0.39 is 6.61 Å². The molecule has 0 aliphatic heterocycles. The number of anilines is 1. The highest BCUT2D eigenvalue weighted by Crippen LogP contribution is 2.24. The van der Waals surface area contributed by atoms with Crippen LogP contribution in [0.15, 0.2) is 42.5 Å². The Morgan fingerprint density at radius 1 is 1.13 bits per heavy atom. The molecule has 0 bridgehead atoms. The Labute approximate surface area is 134 Å². The minimum Gasteiger partial charge on any atom is -0.435 e. The van der Waals surface area contributed by atoms with Crippen molar-refractivity contribution >= 4 is 11.6 Å². The molecule has 0 spiro atoms. The van der Waals surface area contributed by atoms with E-state index in [0.29, 0.717) is 12.1 Å². The van der Waals surface area contributed by atoms with Crippen LogP contribution in [0.1, 0.15) is 28.4 Å². The van der Waals surface area contributed by atoms with Crippen LogP contribution in [-0.4, -0.2) is 19.1 Å². The van der Waals surface area contributed by atoms with Gasteiger partial charge in [0.05, 0.1) is 0 Å². The van der Waals surface area contributed by atoms with E-state index in [4.69, 9.17) is 0 Å². The lowest BCUT2D eigenvalue weighted by atomic mass is 10.1. The van der Waals surface area contributed by atoms with Gasteiger partial charge in [0, 0.05) is 17.8 Å². The van der Waals surface area contributed by atoms with Crippen molar-refractivity contribution in [2.75, 3.05) is 11.4 Å². The number of halogens is 2. The van der Waals surface area contributed by atoms with E-state index in [1.165, 1.54) is 24.3 Å². The van der Waals surface area contributed by atoms with Crippen molar-refractivity contribution in [1.82, 2.24) is 0 Å². The average Bonchev–Trinajstić information content (AvgIpc) is 2.50. The molecular formula is C18H19F2NO2. The van der Waals surface area contributed by atoms with Crippen LogP contribution in [0.25, 0.3) is 0 Å². The van der Waals surface area contributed by atoms with Crippen molar-refractivity contribution in [2.45, 2.75) is 27.4 Å². The summed E-state index contributed by atoms with van der Waals surface area (Å²) in [6.07, 6.45) is 0. The summed E-state index contributed by atoms with van der Waals surface area (Å²) in [6, 6.07) is 11.6. The first-order valence-electron chi connectivity index (χ1n) is 7.36. The average molecular weight is 319 g/mol. The van der Waals surface area contributed by atoms with Crippen LogP contribution in [0.5, 0.6) is 5.75 Å². The zero-order chi connectivity index (χ0) is 17.0. The van der Waals surface area contributed by atoms with E-state index in [1.54, 1.807) is 4.90 Å². The first-order chi connectivity index (χ1) is 10.9. The Morgan fingerprint density at radius 2 is 1.78 bits per heavy atom. The molecule has 0 aliphatic carbocycles. The second-order valence-electron chi connectivity index (χ2n) is 5.24. The SMILES string of the molecule is CCN(C(=O)c1ccc(OC(F)F)cc1)c1ccc(C)cc1C. The highest BCUT2D eigenvalue weighted by molar-refractivity contribution is 6.06. The van der Waals surface area contributed by atoms with Crippen molar-refractivity contribution < 1.29 is 18.3 Å². The molecule has 122 valence electrons. The molecule has 23 heavy (non-hydrogen) atoms. The molecule has 0 saturated carbocycles. The standard InChI is InChI=1S/C18H19F2NO2/c1-4-21(16-10-5-12(2)11-13(16)3)17(22)14-6-8-15(9-7-14)23-18(19)20/h5-11,18H,4H2,1-3H3. The number of alkyl halides is 2. The van der Waals surface area contributed by atoms with Gasteiger partial charge in [-0.2, -0.15) is 8.78 Å². The maximum atomic E-state index is 12.7. The van der Waals surface area contributed by atoms with Gasteiger partial charge in [0.15, 0.2) is 0 Å². The van der Waals surface area contributed by atoms with Crippen LogP contribution in [0.3, 0.4) is 0 Å². The van der Waals surface area contributed by atoms with Crippen LogP contribution < -0.4 is 9.64 Å². The van der Waals surface area contributed by atoms with Gasteiger partial charge >= 0.3 is 6.61 Å². The summed E-state index contributed by atoms with van der Waals surface area (Å²) in [5.74, 6) is -0.144. The molecule has 0 unspecified atom stereocenters. The van der Waals surface area contributed by atoms with Crippen LogP contribution in [0.4, 0.5) is 14.5 Å². The molecule has 1 amide bonds. The van der Waals surface area contributed by atoms with E-state index in [-0.39, 0.29) is 11.7 Å². The van der Waals surface area contributed by atoms with Gasteiger partial charge in [-0.05, 0) is 56.7 Å². The smallest absolute Gasteiger partial charge is 0.387 e. The van der Waals surface area contributed by atoms with E-state index in [1.807, 2.05) is 39.0 Å². The van der Waals surface area contributed by atoms with Crippen LogP contribution in [0, 0.1) is 13.8 Å². The second kappa shape index (κ2) is 7.22. The van der Waals surface area contributed by atoms with Gasteiger partial charge in [0.2, 0.25) is 0 Å². The zero-order valence-electron chi connectivity index (χ0n) is 13.3. The fraction of sp³-hybridized carbons (Fsp3) is 0.278. The lowest BCUT2D eigenvalue weighted by molar-refractivity contribution is -0.0498. The number of carbonyl (C=O) groups is 1. The molecule has 5 heteroatoms. The molecule has 3 nitrogen and oxygen atoms in total. The van der Waals surface area contributed by atoms with Crippen molar-refractivity contribution in [3.63, 3.8) is 0 Å². The first kappa shape index (κ1) is 16.9. The van der Waals surface area contributed by atoms with E-state index >= 15 is 0 Å². The number of amides is 1. The van der Waals surface area contributed by atoms with E-state index in [2.05, 4.69) is 4.74 Å². The minimum absolute atomic E-state index is 0.0334. The molecule has 0 N–H and O–H groups in total. The number of benzene rings is 2. The Kier molecular flexibility index (Phi) is 5.32. The number of carbonyl (C=O) groups excluding carboxylic acids is 1. The topological polar surface area (TPSA) is 29.5 Å². The molecule has 2 rings (SSSR count). The Balaban J connectivity index is 2.26. The molecule has 2 aromatic rings. The molecular weight excluding hydrogens is 300 g/mol. The van der Waals surface area contributed by atoms with E-state index in [9.17, 15) is 13.6 Å². The van der Waals surface area contributed by atoms with Crippen molar-refractivity contribution in [2.24, 2.45) is 0 Å². The Bertz CT molecular complexity index is 684. The summed E-state index contributed by atoms with van der Waals surface area (Å²) >= 11 is 0. The van der Waals surface area contributed by atoms with Gasteiger partial charge in [-0.15, -0.1) is 0 Å². The fourth-order valence-electron chi connectivity index (χ4n) is 2.47. The van der Waals surface area contributed by atoms with Crippen LogP contribution >= 0.6 is 0 Å². The first-order valence-corrected chi connectivity index (χ1v) is 7.36. The van der Waals surface area contributed by atoms with Gasteiger partial charge in [-0.25, -0.2) is 0 Å². The van der Waals surface area contributed by atoms with Crippen molar-refractivity contribution in [3.8, 4) is 5.75 Å². The quantitative estimate of drug-likeness (QED) is 0.808. The van der Waals surface area contributed by atoms with Gasteiger partial charge in [-0.3, -0.25) is 4.79 Å². The number of hydrogen-bond donors (Lipinski definition) is 0. The molecule has 0 saturated heterocycles. The lowest BCUT2D eigenvalue weighted by Gasteiger charge is -2.23. The normalized spacial score (nSPS) is 10.7. The largest absolute Gasteiger partial charge is 0.435 e. The minimum atomic E-state index is -2.88. The van der Waals surface area contributed by atoms with Crippen LogP contribution in [0.2, 0.25) is 0 Å². The monoisotopic (exact) mass is 319 g/mol. The maximum Gasteiger partial charge on any atom is 0.387 e. The maximum absolute atomic E-state index is 12.7. The second-order valence-corrected chi connectivity index (χ2v) is 5.24. The number of ether oxygens (including phenoxy) is 1. The number of nitrogens with zero attached hydrogens (tertiary/aromatic N) is 1. The van der Waals surface area contributed by atoms with Gasteiger partial charge in [-0.1, -0.05) is 17.7 Å². The van der Waals surface area contributed by atoms with Crippen molar-refractivity contribution in [1.29, 1.82) is 0 Å². The molecule has 0 aromatic heterocycles. The number of hydrogen-bond acceptors (Lipinski definition) is 2. The summed E-state index contributed by atoms with van der Waals surface area (Å²) in [4.78, 5) is 14.3. The van der Waals surface area contributed by atoms with Crippen molar-refractivity contribution in [3.05, 3.63) is 59.2 Å². The summed E-state index contributed by atoms with van der Waals surface area (Å²) in [5, 5.41) is 0. The Morgan fingerprint density at radius 3 is 2.30 bits per heavy atom. The summed E-state index contributed by atoms with van der Waals surface area (Å²) < 4.78 is 28.6. The highest BCUT2D eigenvalue weighted by Gasteiger charge is 2.18. The number of aryl methyl sites for hydroxylation is 2. The predicted octanol–water partition coefficient (Wildman–Crippen LogP) is 4.57. The van der Waals surface area contributed by atoms with E-state index in [0.717, 1.165) is 16.8 Å². The highest BCUT2D eigenvalue weighted by atomic mass is 19.3. The third-order valence-corrected chi connectivity index (χ3v) is 3.53. The van der Waals surface area contributed by atoms with Gasteiger partial charge < -0.3 is 9.64 Å². The molecule has 0 radical (unpaired) electrons. The predicted molar refractivity (Wildman–Crippen MR) is 86.3 cm³/mol. The molecule has 0 heterocycles. The number of rotatable bonds is 5. The molecule has 2 aromatic carbocycles. The van der Waals surface area contributed by atoms with Crippen LogP contribution in [-0.2, 0) is 0 Å². The summed E-state index contributed by atoms with van der Waals surface area (Å²) in [7, 11) is 0.